The fourth-order valence-electron chi connectivity index (χ4n) is 1.92. The minimum absolute atomic E-state index is 0.0274. The van der Waals surface area contributed by atoms with Gasteiger partial charge in [0.25, 0.3) is 0 Å². The fraction of sp³-hybridized carbons (Fsp3) is 0.158. The Morgan fingerprint density at radius 3 is 2.42 bits per heavy atom. The first-order valence-corrected chi connectivity index (χ1v) is 8.18. The summed E-state index contributed by atoms with van der Waals surface area (Å²) in [6, 6.07) is 16.9. The van der Waals surface area contributed by atoms with E-state index in [2.05, 4.69) is 15.9 Å². The van der Waals surface area contributed by atoms with Crippen LogP contribution in [0.5, 0.6) is 5.75 Å². The predicted octanol–water partition coefficient (Wildman–Crippen LogP) is 4.50. The van der Waals surface area contributed by atoms with Gasteiger partial charge in [0.2, 0.25) is 0 Å². The number of nitrogens with zero attached hydrogens (tertiary/aromatic N) is 1. The predicted molar refractivity (Wildman–Crippen MR) is 95.1 cm³/mol. The van der Waals surface area contributed by atoms with Crippen LogP contribution in [0.3, 0.4) is 0 Å². The van der Waals surface area contributed by atoms with Crippen LogP contribution >= 0.6 is 15.9 Å². The number of hydrogen-bond donors (Lipinski definition) is 0. The summed E-state index contributed by atoms with van der Waals surface area (Å²) < 4.78 is 11.6. The zero-order valence-corrected chi connectivity index (χ0v) is 14.7. The molecular formula is C19H16BrNO3. The molecule has 0 spiro atoms. The van der Waals surface area contributed by atoms with Crippen molar-refractivity contribution < 1.29 is 14.3 Å². The summed E-state index contributed by atoms with van der Waals surface area (Å²) >= 11 is 3.39. The molecule has 5 heteroatoms. The molecule has 4 nitrogen and oxygen atoms in total. The Morgan fingerprint density at radius 2 is 1.83 bits per heavy atom. The van der Waals surface area contributed by atoms with Gasteiger partial charge in [-0.3, -0.25) is 0 Å². The monoisotopic (exact) mass is 385 g/mol. The first-order chi connectivity index (χ1) is 11.6. The highest BCUT2D eigenvalue weighted by molar-refractivity contribution is 9.10. The Labute approximate surface area is 149 Å². The third-order valence-electron chi connectivity index (χ3n) is 3.13. The number of carbonyl (C=O) groups excluding carboxylic acids is 1. The lowest BCUT2D eigenvalue weighted by Gasteiger charge is -2.07. The zero-order chi connectivity index (χ0) is 17.4. The molecule has 24 heavy (non-hydrogen) atoms. The lowest BCUT2D eigenvalue weighted by atomic mass is 10.1. The van der Waals surface area contributed by atoms with E-state index in [1.165, 1.54) is 6.08 Å². The van der Waals surface area contributed by atoms with Gasteiger partial charge in [0.15, 0.2) is 0 Å². The first kappa shape index (κ1) is 17.8. The molecule has 0 unspecified atom stereocenters. The van der Waals surface area contributed by atoms with Crippen LogP contribution in [0.25, 0.3) is 6.08 Å². The van der Waals surface area contributed by atoms with Crippen molar-refractivity contribution in [3.8, 4) is 11.8 Å². The van der Waals surface area contributed by atoms with Crippen LogP contribution in [0.1, 0.15) is 18.1 Å². The minimum Gasteiger partial charge on any atom is -0.489 e. The summed E-state index contributed by atoms with van der Waals surface area (Å²) in [5, 5.41) is 9.02. The maximum absolute atomic E-state index is 11.6. The van der Waals surface area contributed by atoms with Gasteiger partial charge in [-0.05, 0) is 48.4 Å². The molecule has 2 rings (SSSR count). The first-order valence-electron chi connectivity index (χ1n) is 7.38. The molecular weight excluding hydrogens is 370 g/mol. The highest BCUT2D eigenvalue weighted by Crippen LogP contribution is 2.17. The quantitative estimate of drug-likeness (QED) is 0.417. The molecule has 122 valence electrons. The van der Waals surface area contributed by atoms with E-state index in [-0.39, 0.29) is 12.2 Å². The lowest BCUT2D eigenvalue weighted by molar-refractivity contribution is -0.137. The van der Waals surface area contributed by atoms with Crippen LogP contribution < -0.4 is 4.74 Å². The van der Waals surface area contributed by atoms with Gasteiger partial charge < -0.3 is 9.47 Å². The van der Waals surface area contributed by atoms with E-state index in [0.717, 1.165) is 15.6 Å². The molecule has 0 heterocycles. The van der Waals surface area contributed by atoms with Crippen molar-refractivity contribution in [3.05, 3.63) is 69.7 Å². The molecule has 0 saturated heterocycles. The number of halogens is 1. The summed E-state index contributed by atoms with van der Waals surface area (Å²) in [5.41, 5.74) is 1.77. The third kappa shape index (κ3) is 5.25. The molecule has 0 aliphatic carbocycles. The number of benzene rings is 2. The molecule has 0 atom stereocenters. The van der Waals surface area contributed by atoms with E-state index in [9.17, 15) is 4.79 Å². The molecule has 0 N–H and O–H groups in total. The second-order valence-electron chi connectivity index (χ2n) is 4.87. The van der Waals surface area contributed by atoms with Gasteiger partial charge in [-0.2, -0.15) is 5.26 Å². The number of rotatable bonds is 6. The van der Waals surface area contributed by atoms with Gasteiger partial charge >= 0.3 is 5.97 Å². The van der Waals surface area contributed by atoms with Crippen LogP contribution in [-0.2, 0) is 16.1 Å². The summed E-state index contributed by atoms with van der Waals surface area (Å²) in [6.45, 7) is 2.40. The molecule has 2 aromatic carbocycles. The molecule has 0 amide bonds. The summed E-state index contributed by atoms with van der Waals surface area (Å²) in [6.07, 6.45) is 1.50. The van der Waals surface area contributed by atoms with E-state index < -0.39 is 5.97 Å². The SMILES string of the molecule is CCOC(=O)C(C#N)=Cc1ccc(OCc2ccc(Br)cc2)cc1. The highest BCUT2D eigenvalue weighted by atomic mass is 79.9. The Morgan fingerprint density at radius 1 is 1.17 bits per heavy atom. The highest BCUT2D eigenvalue weighted by Gasteiger charge is 2.09. The van der Waals surface area contributed by atoms with Gasteiger partial charge in [0, 0.05) is 4.47 Å². The third-order valence-corrected chi connectivity index (χ3v) is 3.65. The average molecular weight is 386 g/mol. The summed E-state index contributed by atoms with van der Waals surface area (Å²) in [5.74, 6) is 0.0975. The van der Waals surface area contributed by atoms with Gasteiger partial charge in [-0.15, -0.1) is 0 Å². The van der Waals surface area contributed by atoms with Crippen molar-refractivity contribution in [1.82, 2.24) is 0 Å². The van der Waals surface area contributed by atoms with Gasteiger partial charge in [-0.25, -0.2) is 4.79 Å². The maximum Gasteiger partial charge on any atom is 0.348 e. The molecule has 0 bridgehead atoms. The average Bonchev–Trinajstić information content (AvgIpc) is 2.60. The van der Waals surface area contributed by atoms with E-state index in [4.69, 9.17) is 14.7 Å². The number of esters is 1. The van der Waals surface area contributed by atoms with E-state index in [0.29, 0.717) is 12.4 Å². The standard InChI is InChI=1S/C19H16BrNO3/c1-2-23-19(22)16(12-21)11-14-5-9-18(10-6-14)24-13-15-3-7-17(20)8-4-15/h3-11H,2,13H2,1H3. The van der Waals surface area contributed by atoms with Crippen molar-refractivity contribution in [3.63, 3.8) is 0 Å². The number of nitriles is 1. The number of hydrogen-bond acceptors (Lipinski definition) is 4. The van der Waals surface area contributed by atoms with Crippen molar-refractivity contribution >= 4 is 28.0 Å². The van der Waals surface area contributed by atoms with E-state index >= 15 is 0 Å². The lowest BCUT2D eigenvalue weighted by Crippen LogP contribution is -2.05. The van der Waals surface area contributed by atoms with Gasteiger partial charge in [0.05, 0.1) is 6.61 Å². The summed E-state index contributed by atoms with van der Waals surface area (Å²) in [7, 11) is 0. The minimum atomic E-state index is -0.615. The smallest absolute Gasteiger partial charge is 0.348 e. The molecule has 0 aromatic heterocycles. The van der Waals surface area contributed by atoms with Crippen molar-refractivity contribution in [1.29, 1.82) is 5.26 Å². The van der Waals surface area contributed by atoms with Crippen LogP contribution in [0.2, 0.25) is 0 Å². The van der Waals surface area contributed by atoms with Crippen LogP contribution in [-0.4, -0.2) is 12.6 Å². The Balaban J connectivity index is 2.01. The Kier molecular flexibility index (Phi) is 6.59. The van der Waals surface area contributed by atoms with Crippen molar-refractivity contribution in [2.45, 2.75) is 13.5 Å². The van der Waals surface area contributed by atoms with Gasteiger partial charge in [-0.1, -0.05) is 40.2 Å². The normalized spacial score (nSPS) is 10.8. The molecule has 0 fully saturated rings. The van der Waals surface area contributed by atoms with Crippen LogP contribution in [0.4, 0.5) is 0 Å². The van der Waals surface area contributed by atoms with Crippen molar-refractivity contribution in [2.24, 2.45) is 0 Å². The number of carbonyl (C=O) groups is 1. The van der Waals surface area contributed by atoms with Crippen LogP contribution in [0, 0.1) is 11.3 Å². The van der Waals surface area contributed by atoms with E-state index in [1.54, 1.807) is 31.2 Å². The summed E-state index contributed by atoms with van der Waals surface area (Å²) in [4.78, 5) is 11.6. The molecule has 0 aliphatic heterocycles. The molecule has 0 radical (unpaired) electrons. The van der Waals surface area contributed by atoms with E-state index in [1.807, 2.05) is 30.3 Å². The fourth-order valence-corrected chi connectivity index (χ4v) is 2.18. The molecule has 0 aliphatic rings. The van der Waals surface area contributed by atoms with Gasteiger partial charge in [0.1, 0.15) is 24.0 Å². The zero-order valence-electron chi connectivity index (χ0n) is 13.2. The maximum atomic E-state index is 11.6. The Hall–Kier alpha value is -2.58. The largest absolute Gasteiger partial charge is 0.489 e. The number of ether oxygens (including phenoxy) is 2. The van der Waals surface area contributed by atoms with Crippen LogP contribution in [0.15, 0.2) is 58.6 Å². The Bertz CT molecular complexity index is 759. The topological polar surface area (TPSA) is 59.3 Å². The second kappa shape index (κ2) is 8.90. The second-order valence-corrected chi connectivity index (χ2v) is 5.79. The van der Waals surface area contributed by atoms with Crippen molar-refractivity contribution in [2.75, 3.05) is 6.61 Å². The molecule has 2 aromatic rings. The molecule has 0 saturated carbocycles.